The minimum Gasteiger partial charge on any atom is -0.321 e. The van der Waals surface area contributed by atoms with Crippen LogP contribution in [-0.2, 0) is 24.1 Å². The van der Waals surface area contributed by atoms with Crippen LogP contribution in [0.15, 0.2) is 36.4 Å². The Morgan fingerprint density at radius 1 is 1.00 bits per heavy atom. The number of amides is 1. The lowest BCUT2D eigenvalue weighted by molar-refractivity contribution is -0.115. The maximum atomic E-state index is 13.5. The first-order chi connectivity index (χ1) is 10.6. The molecule has 0 radical (unpaired) electrons. The summed E-state index contributed by atoms with van der Waals surface area (Å²) in [5.41, 5.74) is 3.12. The van der Waals surface area contributed by atoms with Gasteiger partial charge in [-0.3, -0.25) is 4.79 Å². The molecule has 1 N–H and O–H groups in total. The first-order valence-corrected chi connectivity index (χ1v) is 7.48. The monoisotopic (exact) mass is 301 g/mol. The van der Waals surface area contributed by atoms with Crippen molar-refractivity contribution in [2.75, 3.05) is 5.32 Å². The lowest BCUT2D eigenvalue weighted by Gasteiger charge is -2.16. The quantitative estimate of drug-likeness (QED) is 0.911. The average molecular weight is 301 g/mol. The van der Waals surface area contributed by atoms with Crippen molar-refractivity contribution in [2.45, 2.75) is 32.1 Å². The molecule has 22 heavy (non-hydrogen) atoms. The molecule has 1 aliphatic carbocycles. The molecule has 0 fully saturated rings. The maximum Gasteiger partial charge on any atom is 0.228 e. The number of carbonyl (C=O) groups is 1. The Labute approximate surface area is 128 Å². The van der Waals surface area contributed by atoms with Gasteiger partial charge in [0, 0.05) is 0 Å². The molecule has 0 saturated carbocycles. The third-order valence-electron chi connectivity index (χ3n) is 4.00. The fourth-order valence-corrected chi connectivity index (χ4v) is 2.88. The van der Waals surface area contributed by atoms with Crippen LogP contribution in [0.3, 0.4) is 0 Å². The van der Waals surface area contributed by atoms with E-state index < -0.39 is 17.5 Å². The van der Waals surface area contributed by atoms with E-state index in [4.69, 9.17) is 0 Å². The maximum absolute atomic E-state index is 13.5. The highest BCUT2D eigenvalue weighted by atomic mass is 19.1. The van der Waals surface area contributed by atoms with Gasteiger partial charge in [-0.2, -0.15) is 0 Å². The van der Waals surface area contributed by atoms with Gasteiger partial charge in [0.1, 0.15) is 17.3 Å². The van der Waals surface area contributed by atoms with E-state index in [0.717, 1.165) is 30.5 Å². The van der Waals surface area contributed by atoms with Gasteiger partial charge in [0.25, 0.3) is 0 Å². The number of halogens is 2. The highest BCUT2D eigenvalue weighted by Gasteiger charge is 2.14. The Bertz CT molecular complexity index is 692. The Hall–Kier alpha value is -2.23. The summed E-state index contributed by atoms with van der Waals surface area (Å²) in [7, 11) is 0. The van der Waals surface area contributed by atoms with Crippen LogP contribution in [0.1, 0.15) is 29.5 Å². The number of hydrogen-bond donors (Lipinski definition) is 1. The second-order valence-electron chi connectivity index (χ2n) is 5.63. The zero-order valence-corrected chi connectivity index (χ0v) is 12.2. The normalized spacial score (nSPS) is 13.5. The van der Waals surface area contributed by atoms with E-state index in [2.05, 4.69) is 11.4 Å². The van der Waals surface area contributed by atoms with E-state index in [9.17, 15) is 13.6 Å². The third-order valence-corrected chi connectivity index (χ3v) is 4.00. The van der Waals surface area contributed by atoms with Crippen LogP contribution in [0.25, 0.3) is 0 Å². The topological polar surface area (TPSA) is 29.1 Å². The van der Waals surface area contributed by atoms with E-state index in [1.54, 1.807) is 0 Å². The minimum absolute atomic E-state index is 0.112. The summed E-state index contributed by atoms with van der Waals surface area (Å²) in [6.45, 7) is 0. The van der Waals surface area contributed by atoms with Crippen LogP contribution in [0.2, 0.25) is 0 Å². The largest absolute Gasteiger partial charge is 0.321 e. The van der Waals surface area contributed by atoms with Crippen molar-refractivity contribution >= 4 is 11.6 Å². The van der Waals surface area contributed by atoms with Crippen LogP contribution in [0.5, 0.6) is 0 Å². The van der Waals surface area contributed by atoms with E-state index >= 15 is 0 Å². The molecule has 0 bridgehead atoms. The van der Waals surface area contributed by atoms with Crippen molar-refractivity contribution in [3.05, 3.63) is 64.7 Å². The van der Waals surface area contributed by atoms with Crippen molar-refractivity contribution in [1.29, 1.82) is 0 Å². The highest BCUT2D eigenvalue weighted by molar-refractivity contribution is 5.92. The lowest BCUT2D eigenvalue weighted by atomic mass is 9.90. The van der Waals surface area contributed by atoms with Crippen LogP contribution in [0, 0.1) is 11.6 Å². The molecule has 3 rings (SSSR count). The van der Waals surface area contributed by atoms with Gasteiger partial charge in [0.15, 0.2) is 0 Å². The summed E-state index contributed by atoms with van der Waals surface area (Å²) in [6, 6.07) is 9.52. The molecule has 0 saturated heterocycles. The zero-order valence-electron chi connectivity index (χ0n) is 12.2. The molecule has 114 valence electrons. The number of anilines is 1. The molecule has 2 aromatic rings. The number of nitrogens with one attached hydrogen (secondary N) is 1. The van der Waals surface area contributed by atoms with Crippen molar-refractivity contribution in [1.82, 2.24) is 0 Å². The van der Waals surface area contributed by atoms with E-state index in [0.29, 0.717) is 0 Å². The molecular weight excluding hydrogens is 284 g/mol. The fourth-order valence-electron chi connectivity index (χ4n) is 2.88. The number of rotatable bonds is 3. The smallest absolute Gasteiger partial charge is 0.228 e. The van der Waals surface area contributed by atoms with Crippen molar-refractivity contribution in [3.63, 3.8) is 0 Å². The van der Waals surface area contributed by atoms with Gasteiger partial charge in [-0.1, -0.05) is 24.3 Å². The Morgan fingerprint density at radius 2 is 1.68 bits per heavy atom. The van der Waals surface area contributed by atoms with Crippen LogP contribution in [0.4, 0.5) is 14.5 Å². The average Bonchev–Trinajstić information content (AvgIpc) is 2.51. The van der Waals surface area contributed by atoms with Gasteiger partial charge < -0.3 is 5.32 Å². The molecule has 0 aromatic heterocycles. The van der Waals surface area contributed by atoms with Gasteiger partial charge in [0.2, 0.25) is 5.91 Å². The van der Waals surface area contributed by atoms with Crippen LogP contribution >= 0.6 is 0 Å². The third kappa shape index (κ3) is 3.16. The van der Waals surface area contributed by atoms with Gasteiger partial charge >= 0.3 is 0 Å². The number of hydrogen-bond acceptors (Lipinski definition) is 1. The van der Waals surface area contributed by atoms with Crippen LogP contribution in [-0.4, -0.2) is 5.91 Å². The van der Waals surface area contributed by atoms with Crippen molar-refractivity contribution in [2.24, 2.45) is 0 Å². The number of carbonyl (C=O) groups excluding carboxylic acids is 1. The molecule has 0 unspecified atom stereocenters. The minimum atomic E-state index is -0.765. The zero-order chi connectivity index (χ0) is 15.5. The van der Waals surface area contributed by atoms with E-state index in [1.807, 2.05) is 12.1 Å². The number of fused-ring (bicyclic) bond motifs is 1. The highest BCUT2D eigenvalue weighted by Crippen LogP contribution is 2.23. The lowest BCUT2D eigenvalue weighted by Crippen LogP contribution is -2.17. The first-order valence-electron chi connectivity index (χ1n) is 7.48. The molecule has 4 heteroatoms. The SMILES string of the molecule is O=C(Cc1ccc2c(c1)CCCC2)Nc1c(F)cccc1F. The predicted octanol–water partition coefficient (Wildman–Crippen LogP) is 4.02. The Kier molecular flexibility index (Phi) is 4.18. The second-order valence-corrected chi connectivity index (χ2v) is 5.63. The fraction of sp³-hybridized carbons (Fsp3) is 0.278. The second kappa shape index (κ2) is 6.26. The Balaban J connectivity index is 1.72. The van der Waals surface area contributed by atoms with E-state index in [-0.39, 0.29) is 12.1 Å². The van der Waals surface area contributed by atoms with Crippen LogP contribution < -0.4 is 5.32 Å². The molecule has 1 aliphatic rings. The summed E-state index contributed by atoms with van der Waals surface area (Å²) in [6.07, 6.45) is 4.61. The van der Waals surface area contributed by atoms with Crippen molar-refractivity contribution < 1.29 is 13.6 Å². The molecule has 0 atom stereocenters. The van der Waals surface area contributed by atoms with Gasteiger partial charge in [0.05, 0.1) is 6.42 Å². The Morgan fingerprint density at radius 3 is 2.41 bits per heavy atom. The number of benzene rings is 2. The summed E-state index contributed by atoms with van der Waals surface area (Å²) >= 11 is 0. The van der Waals surface area contributed by atoms with Crippen molar-refractivity contribution in [3.8, 4) is 0 Å². The number of aryl methyl sites for hydroxylation is 2. The first kappa shape index (κ1) is 14.7. The molecule has 1 amide bonds. The summed E-state index contributed by atoms with van der Waals surface area (Å²) in [5.74, 6) is -1.95. The molecule has 2 aromatic carbocycles. The van der Waals surface area contributed by atoms with E-state index in [1.165, 1.54) is 30.0 Å². The predicted molar refractivity (Wildman–Crippen MR) is 81.8 cm³/mol. The van der Waals surface area contributed by atoms with Gasteiger partial charge in [-0.05, 0) is 54.5 Å². The van der Waals surface area contributed by atoms with Gasteiger partial charge in [-0.25, -0.2) is 8.78 Å². The molecule has 0 aliphatic heterocycles. The summed E-state index contributed by atoms with van der Waals surface area (Å²) in [5, 5.41) is 2.32. The standard InChI is InChI=1S/C18H17F2NO/c19-15-6-3-7-16(20)18(15)21-17(22)11-12-8-9-13-4-1-2-5-14(13)10-12/h3,6-10H,1-2,4-5,11H2,(H,21,22). The number of para-hydroxylation sites is 1. The summed E-state index contributed by atoms with van der Waals surface area (Å²) < 4.78 is 27.0. The summed E-state index contributed by atoms with van der Waals surface area (Å²) in [4.78, 5) is 12.0. The molecule has 0 heterocycles. The molecular formula is C18H17F2NO. The molecule has 0 spiro atoms. The molecule has 2 nitrogen and oxygen atoms in total. The van der Waals surface area contributed by atoms with Gasteiger partial charge in [-0.15, -0.1) is 0 Å².